The van der Waals surface area contributed by atoms with Crippen molar-refractivity contribution in [2.24, 2.45) is 0 Å². The van der Waals surface area contributed by atoms with Gasteiger partial charge in [0, 0.05) is 23.4 Å². The van der Waals surface area contributed by atoms with Crippen molar-refractivity contribution in [2.45, 2.75) is 13.0 Å². The molecule has 2 N–H and O–H groups in total. The predicted molar refractivity (Wildman–Crippen MR) is 80.7 cm³/mol. The molecule has 2 rings (SSSR count). The van der Waals surface area contributed by atoms with Gasteiger partial charge < -0.3 is 10.4 Å². The SMILES string of the molecule is O=C(O)c1ccc(CNCCc2cccnc2)c(Br)c1. The van der Waals surface area contributed by atoms with Crippen LogP contribution in [0.25, 0.3) is 0 Å². The highest BCUT2D eigenvalue weighted by atomic mass is 79.9. The van der Waals surface area contributed by atoms with Gasteiger partial charge in [0.1, 0.15) is 0 Å². The summed E-state index contributed by atoms with van der Waals surface area (Å²) in [5, 5.41) is 12.2. The minimum atomic E-state index is -0.915. The highest BCUT2D eigenvalue weighted by Crippen LogP contribution is 2.18. The smallest absolute Gasteiger partial charge is 0.335 e. The van der Waals surface area contributed by atoms with Gasteiger partial charge >= 0.3 is 5.97 Å². The zero-order valence-electron chi connectivity index (χ0n) is 10.8. The first-order valence-corrected chi connectivity index (χ1v) is 7.07. The van der Waals surface area contributed by atoms with E-state index in [0.717, 1.165) is 23.0 Å². The number of rotatable bonds is 6. The zero-order valence-corrected chi connectivity index (χ0v) is 12.4. The average molecular weight is 335 g/mol. The van der Waals surface area contributed by atoms with Crippen LogP contribution in [-0.4, -0.2) is 22.6 Å². The van der Waals surface area contributed by atoms with Crippen LogP contribution >= 0.6 is 15.9 Å². The quantitative estimate of drug-likeness (QED) is 0.797. The lowest BCUT2D eigenvalue weighted by Gasteiger charge is -2.07. The third kappa shape index (κ3) is 4.15. The van der Waals surface area contributed by atoms with E-state index in [0.29, 0.717) is 6.54 Å². The van der Waals surface area contributed by atoms with Crippen LogP contribution in [0.4, 0.5) is 0 Å². The van der Waals surface area contributed by atoms with Crippen molar-refractivity contribution in [3.8, 4) is 0 Å². The van der Waals surface area contributed by atoms with Crippen LogP contribution < -0.4 is 5.32 Å². The first-order valence-electron chi connectivity index (χ1n) is 6.28. The van der Waals surface area contributed by atoms with Gasteiger partial charge in [0.2, 0.25) is 0 Å². The monoisotopic (exact) mass is 334 g/mol. The summed E-state index contributed by atoms with van der Waals surface area (Å²) in [5.41, 5.74) is 2.53. The van der Waals surface area contributed by atoms with Crippen molar-refractivity contribution in [1.29, 1.82) is 0 Å². The molecule has 0 atom stereocenters. The number of hydrogen-bond acceptors (Lipinski definition) is 3. The Morgan fingerprint density at radius 2 is 2.20 bits per heavy atom. The minimum absolute atomic E-state index is 0.288. The number of aromatic nitrogens is 1. The first kappa shape index (κ1) is 14.7. The molecule has 0 saturated heterocycles. The number of halogens is 1. The molecule has 2 aromatic rings. The molecule has 4 nitrogen and oxygen atoms in total. The molecule has 0 aliphatic rings. The van der Waals surface area contributed by atoms with E-state index in [1.54, 1.807) is 18.3 Å². The Morgan fingerprint density at radius 1 is 1.35 bits per heavy atom. The first-order chi connectivity index (χ1) is 9.66. The van der Waals surface area contributed by atoms with Crippen molar-refractivity contribution >= 4 is 21.9 Å². The van der Waals surface area contributed by atoms with E-state index in [1.807, 2.05) is 24.4 Å². The number of nitrogens with one attached hydrogen (secondary N) is 1. The molecule has 0 bridgehead atoms. The van der Waals surface area contributed by atoms with Crippen molar-refractivity contribution < 1.29 is 9.90 Å². The summed E-state index contributed by atoms with van der Waals surface area (Å²) < 4.78 is 0.811. The number of carboxylic acid groups (broad SMARTS) is 1. The third-order valence-electron chi connectivity index (χ3n) is 2.93. The lowest BCUT2D eigenvalue weighted by Crippen LogP contribution is -2.17. The van der Waals surface area contributed by atoms with Crippen LogP contribution in [0, 0.1) is 0 Å². The van der Waals surface area contributed by atoms with E-state index in [9.17, 15) is 4.79 Å². The number of hydrogen-bond donors (Lipinski definition) is 2. The fraction of sp³-hybridized carbons (Fsp3) is 0.200. The van der Waals surface area contributed by atoms with Crippen LogP contribution in [0.3, 0.4) is 0 Å². The van der Waals surface area contributed by atoms with Gasteiger partial charge in [0.05, 0.1) is 5.56 Å². The minimum Gasteiger partial charge on any atom is -0.478 e. The lowest BCUT2D eigenvalue weighted by molar-refractivity contribution is 0.0697. The van der Waals surface area contributed by atoms with Crippen molar-refractivity contribution in [1.82, 2.24) is 10.3 Å². The van der Waals surface area contributed by atoms with E-state index in [4.69, 9.17) is 5.11 Å². The molecule has 1 aromatic carbocycles. The molecule has 0 aliphatic heterocycles. The van der Waals surface area contributed by atoms with Crippen LogP contribution in [0.2, 0.25) is 0 Å². The molecule has 0 spiro atoms. The van der Waals surface area contributed by atoms with E-state index >= 15 is 0 Å². The van der Waals surface area contributed by atoms with Gasteiger partial charge in [-0.3, -0.25) is 4.98 Å². The summed E-state index contributed by atoms with van der Waals surface area (Å²) in [4.78, 5) is 14.9. The maximum Gasteiger partial charge on any atom is 0.335 e. The predicted octanol–water partition coefficient (Wildman–Crippen LogP) is 2.87. The average Bonchev–Trinajstić information content (AvgIpc) is 2.46. The summed E-state index contributed by atoms with van der Waals surface area (Å²) in [6.07, 6.45) is 4.54. The fourth-order valence-electron chi connectivity index (χ4n) is 1.83. The molecule has 0 saturated carbocycles. The Morgan fingerprint density at radius 3 is 2.85 bits per heavy atom. The number of aromatic carboxylic acids is 1. The van der Waals surface area contributed by atoms with Crippen molar-refractivity contribution in [3.05, 3.63) is 63.9 Å². The summed E-state index contributed by atoms with van der Waals surface area (Å²) >= 11 is 3.40. The van der Waals surface area contributed by atoms with Gasteiger partial charge in [-0.25, -0.2) is 4.79 Å². The second-order valence-electron chi connectivity index (χ2n) is 4.40. The van der Waals surface area contributed by atoms with Crippen molar-refractivity contribution in [3.63, 3.8) is 0 Å². The highest BCUT2D eigenvalue weighted by Gasteiger charge is 2.06. The molecule has 0 amide bonds. The van der Waals surface area contributed by atoms with Gasteiger partial charge in [-0.05, 0) is 42.3 Å². The maximum atomic E-state index is 10.8. The molecule has 20 heavy (non-hydrogen) atoms. The highest BCUT2D eigenvalue weighted by molar-refractivity contribution is 9.10. The molecule has 104 valence electrons. The zero-order chi connectivity index (χ0) is 14.4. The Kier molecular flexibility index (Phi) is 5.26. The summed E-state index contributed by atoms with van der Waals surface area (Å²) in [7, 11) is 0. The molecular formula is C15H15BrN2O2. The topological polar surface area (TPSA) is 62.2 Å². The largest absolute Gasteiger partial charge is 0.478 e. The van der Waals surface area contributed by atoms with Gasteiger partial charge in [0.25, 0.3) is 0 Å². The van der Waals surface area contributed by atoms with Gasteiger partial charge in [-0.15, -0.1) is 0 Å². The Hall–Kier alpha value is -1.72. The number of carbonyl (C=O) groups is 1. The van der Waals surface area contributed by atoms with Gasteiger partial charge in [-0.2, -0.15) is 0 Å². The molecule has 0 radical (unpaired) electrons. The van der Waals surface area contributed by atoms with E-state index in [1.165, 1.54) is 5.56 Å². The van der Waals surface area contributed by atoms with E-state index < -0.39 is 5.97 Å². The van der Waals surface area contributed by atoms with Crippen molar-refractivity contribution in [2.75, 3.05) is 6.54 Å². The van der Waals surface area contributed by atoms with Crippen LogP contribution in [0.15, 0.2) is 47.2 Å². The number of nitrogens with zero attached hydrogens (tertiary/aromatic N) is 1. The van der Waals surface area contributed by atoms with E-state index in [2.05, 4.69) is 26.2 Å². The summed E-state index contributed by atoms with van der Waals surface area (Å²) in [6.45, 7) is 1.54. The van der Waals surface area contributed by atoms with Crippen LogP contribution in [0.1, 0.15) is 21.5 Å². The molecule has 5 heteroatoms. The molecular weight excluding hydrogens is 320 g/mol. The van der Waals surface area contributed by atoms with Gasteiger partial charge in [-0.1, -0.05) is 28.1 Å². The molecule has 0 fully saturated rings. The second kappa shape index (κ2) is 7.17. The lowest BCUT2D eigenvalue weighted by atomic mass is 10.1. The van der Waals surface area contributed by atoms with Crippen LogP contribution in [-0.2, 0) is 13.0 Å². The molecule has 0 aliphatic carbocycles. The summed E-state index contributed by atoms with van der Waals surface area (Å²) in [5.74, 6) is -0.915. The Bertz CT molecular complexity index is 588. The fourth-order valence-corrected chi connectivity index (χ4v) is 2.34. The van der Waals surface area contributed by atoms with Gasteiger partial charge in [0.15, 0.2) is 0 Å². The molecule has 1 aromatic heterocycles. The maximum absolute atomic E-state index is 10.8. The standard InChI is InChI=1S/C15H15BrN2O2/c16-14-8-12(15(19)20)3-4-13(14)10-18-7-5-11-2-1-6-17-9-11/h1-4,6,8-9,18H,5,7,10H2,(H,19,20). The number of carboxylic acids is 1. The second-order valence-corrected chi connectivity index (χ2v) is 5.25. The Balaban J connectivity index is 1.84. The number of pyridine rings is 1. The molecule has 1 heterocycles. The van der Waals surface area contributed by atoms with Crippen LogP contribution in [0.5, 0.6) is 0 Å². The number of benzene rings is 1. The summed E-state index contributed by atoms with van der Waals surface area (Å²) in [6, 6.07) is 9.04. The van der Waals surface area contributed by atoms with E-state index in [-0.39, 0.29) is 5.56 Å². The molecule has 0 unspecified atom stereocenters. The third-order valence-corrected chi connectivity index (χ3v) is 3.67. The normalized spacial score (nSPS) is 10.4. The Labute approximate surface area is 126 Å².